The largest absolute Gasteiger partial charge is 0.368 e. The number of piperazine rings is 2. The SMILES string of the molecule is O=[N+]([O-])c1c(N2CCN(c3ccc(F)cc3)CC2)ncnc1N1CCN(c2ccc(F)cc2)CC1. The van der Waals surface area contributed by atoms with E-state index in [9.17, 15) is 18.9 Å². The lowest BCUT2D eigenvalue weighted by Crippen LogP contribution is -2.48. The third kappa shape index (κ3) is 4.79. The molecule has 2 aliphatic heterocycles. The Kier molecular flexibility index (Phi) is 6.30. The van der Waals surface area contributed by atoms with Gasteiger partial charge in [-0.2, -0.15) is 0 Å². The second-order valence-electron chi connectivity index (χ2n) is 8.53. The molecule has 1 aromatic heterocycles. The highest BCUT2D eigenvalue weighted by atomic mass is 19.1. The highest BCUT2D eigenvalue weighted by Gasteiger charge is 2.33. The number of halogens is 2. The average Bonchev–Trinajstić information content (AvgIpc) is 2.89. The van der Waals surface area contributed by atoms with Crippen LogP contribution in [-0.2, 0) is 0 Å². The number of anilines is 4. The number of rotatable bonds is 5. The lowest BCUT2D eigenvalue weighted by Gasteiger charge is -2.38. The molecule has 9 nitrogen and oxygen atoms in total. The van der Waals surface area contributed by atoms with E-state index in [1.54, 1.807) is 24.3 Å². The first-order valence-electron chi connectivity index (χ1n) is 11.5. The Morgan fingerprint density at radius 3 is 1.31 bits per heavy atom. The third-order valence-corrected chi connectivity index (χ3v) is 6.51. The zero-order chi connectivity index (χ0) is 24.4. The van der Waals surface area contributed by atoms with E-state index in [4.69, 9.17) is 0 Å². The Morgan fingerprint density at radius 2 is 0.971 bits per heavy atom. The summed E-state index contributed by atoms with van der Waals surface area (Å²) >= 11 is 0. The Labute approximate surface area is 201 Å². The van der Waals surface area contributed by atoms with Crippen LogP contribution in [0.5, 0.6) is 0 Å². The maximum Gasteiger partial charge on any atom is 0.353 e. The molecule has 35 heavy (non-hydrogen) atoms. The predicted octanol–water partition coefficient (Wildman–Crippen LogP) is 3.32. The van der Waals surface area contributed by atoms with Crippen molar-refractivity contribution in [2.75, 3.05) is 72.0 Å². The molecule has 0 atom stereocenters. The van der Waals surface area contributed by atoms with Crippen molar-refractivity contribution in [1.29, 1.82) is 0 Å². The van der Waals surface area contributed by atoms with Crippen LogP contribution in [0.3, 0.4) is 0 Å². The summed E-state index contributed by atoms with van der Waals surface area (Å²) in [5, 5.41) is 12.1. The van der Waals surface area contributed by atoms with Crippen molar-refractivity contribution in [3.8, 4) is 0 Å². The van der Waals surface area contributed by atoms with Gasteiger partial charge in [-0.25, -0.2) is 18.7 Å². The van der Waals surface area contributed by atoms with Crippen molar-refractivity contribution in [2.24, 2.45) is 0 Å². The van der Waals surface area contributed by atoms with Crippen LogP contribution in [0.25, 0.3) is 0 Å². The summed E-state index contributed by atoms with van der Waals surface area (Å²) in [6.45, 7) is 4.74. The normalized spacial score (nSPS) is 16.5. The van der Waals surface area contributed by atoms with Gasteiger partial charge in [-0.05, 0) is 48.5 Å². The third-order valence-electron chi connectivity index (χ3n) is 6.51. The van der Waals surface area contributed by atoms with Gasteiger partial charge in [0.2, 0.25) is 11.6 Å². The van der Waals surface area contributed by atoms with Gasteiger partial charge in [-0.1, -0.05) is 0 Å². The van der Waals surface area contributed by atoms with Crippen LogP contribution in [0.15, 0.2) is 54.9 Å². The first-order valence-corrected chi connectivity index (χ1v) is 11.5. The van der Waals surface area contributed by atoms with E-state index < -0.39 is 4.92 Å². The molecule has 0 radical (unpaired) electrons. The van der Waals surface area contributed by atoms with E-state index in [1.165, 1.54) is 30.6 Å². The molecule has 5 rings (SSSR count). The molecular formula is C24H25F2N7O2. The average molecular weight is 482 g/mol. The van der Waals surface area contributed by atoms with E-state index in [1.807, 2.05) is 9.80 Å². The van der Waals surface area contributed by atoms with Gasteiger partial charge in [0.15, 0.2) is 0 Å². The lowest BCUT2D eigenvalue weighted by molar-refractivity contribution is -0.383. The number of hydrogen-bond donors (Lipinski definition) is 0. The fraction of sp³-hybridized carbons (Fsp3) is 0.333. The van der Waals surface area contributed by atoms with E-state index in [0.29, 0.717) is 64.0 Å². The predicted molar refractivity (Wildman–Crippen MR) is 130 cm³/mol. The van der Waals surface area contributed by atoms with Gasteiger partial charge in [0.1, 0.15) is 18.0 Å². The zero-order valence-corrected chi connectivity index (χ0v) is 19.1. The summed E-state index contributed by atoms with van der Waals surface area (Å²) in [4.78, 5) is 28.4. The number of benzene rings is 2. The van der Waals surface area contributed by atoms with Gasteiger partial charge in [0, 0.05) is 63.7 Å². The molecule has 182 valence electrons. The van der Waals surface area contributed by atoms with Gasteiger partial charge in [0.25, 0.3) is 0 Å². The lowest BCUT2D eigenvalue weighted by atomic mass is 10.2. The van der Waals surface area contributed by atoms with Gasteiger partial charge in [0.05, 0.1) is 4.92 Å². The molecule has 11 heteroatoms. The minimum Gasteiger partial charge on any atom is -0.368 e. The Morgan fingerprint density at radius 1 is 0.629 bits per heavy atom. The minimum atomic E-state index is -0.399. The summed E-state index contributed by atoms with van der Waals surface area (Å²) < 4.78 is 26.5. The molecular weight excluding hydrogens is 456 g/mol. The van der Waals surface area contributed by atoms with Crippen LogP contribution in [-0.4, -0.2) is 67.2 Å². The smallest absolute Gasteiger partial charge is 0.353 e. The number of nitrogens with zero attached hydrogens (tertiary/aromatic N) is 7. The van der Waals surface area contributed by atoms with Crippen LogP contribution >= 0.6 is 0 Å². The quantitative estimate of drug-likeness (QED) is 0.406. The number of nitro groups is 1. The summed E-state index contributed by atoms with van der Waals surface area (Å²) in [5.74, 6) is 0.0736. The molecule has 2 aromatic carbocycles. The van der Waals surface area contributed by atoms with Crippen LogP contribution in [0.4, 0.5) is 37.5 Å². The standard InChI is InChI=1S/C24H25F2N7O2/c25-18-1-5-20(6-2-18)29-9-13-31(14-10-29)23-22(33(34)35)24(28-17-27-23)32-15-11-30(12-16-32)21-7-3-19(26)4-8-21/h1-8,17H,9-16H2. The van der Waals surface area contributed by atoms with E-state index in [0.717, 1.165) is 11.4 Å². The van der Waals surface area contributed by atoms with Crippen molar-refractivity contribution >= 4 is 28.7 Å². The van der Waals surface area contributed by atoms with E-state index in [2.05, 4.69) is 19.8 Å². The fourth-order valence-electron chi connectivity index (χ4n) is 4.64. The van der Waals surface area contributed by atoms with Gasteiger partial charge in [-0.3, -0.25) is 10.1 Å². The maximum absolute atomic E-state index is 13.2. The summed E-state index contributed by atoms with van der Waals surface area (Å²) in [5.41, 5.74) is 1.75. The molecule has 0 aliphatic carbocycles. The van der Waals surface area contributed by atoms with Crippen molar-refractivity contribution in [1.82, 2.24) is 9.97 Å². The van der Waals surface area contributed by atoms with Crippen LogP contribution in [0.2, 0.25) is 0 Å². The fourth-order valence-corrected chi connectivity index (χ4v) is 4.64. The summed E-state index contributed by atoms with van der Waals surface area (Å²) in [7, 11) is 0. The van der Waals surface area contributed by atoms with Crippen molar-refractivity contribution in [3.63, 3.8) is 0 Å². The first kappa shape index (κ1) is 22.8. The highest BCUT2D eigenvalue weighted by Crippen LogP contribution is 2.35. The van der Waals surface area contributed by atoms with Crippen LogP contribution in [0, 0.1) is 21.7 Å². The molecule has 2 aliphatic rings. The molecule has 0 N–H and O–H groups in total. The highest BCUT2D eigenvalue weighted by molar-refractivity contribution is 5.72. The first-order chi connectivity index (χ1) is 17.0. The van der Waals surface area contributed by atoms with E-state index in [-0.39, 0.29) is 17.3 Å². The van der Waals surface area contributed by atoms with Gasteiger partial charge < -0.3 is 19.6 Å². The topological polar surface area (TPSA) is 81.9 Å². The molecule has 0 saturated carbocycles. The van der Waals surface area contributed by atoms with Crippen molar-refractivity contribution in [2.45, 2.75) is 0 Å². The minimum absolute atomic E-state index is 0.0852. The maximum atomic E-state index is 13.2. The number of aromatic nitrogens is 2. The Bertz CT molecular complexity index is 1090. The monoisotopic (exact) mass is 481 g/mol. The van der Waals surface area contributed by atoms with E-state index >= 15 is 0 Å². The molecule has 3 heterocycles. The Balaban J connectivity index is 1.30. The molecule has 0 amide bonds. The molecule has 3 aromatic rings. The van der Waals surface area contributed by atoms with Crippen LogP contribution in [0.1, 0.15) is 0 Å². The van der Waals surface area contributed by atoms with Crippen LogP contribution < -0.4 is 19.6 Å². The molecule has 0 spiro atoms. The Hall–Kier alpha value is -4.02. The molecule has 0 unspecified atom stereocenters. The molecule has 2 saturated heterocycles. The van der Waals surface area contributed by atoms with Crippen molar-refractivity contribution in [3.05, 3.63) is 76.6 Å². The van der Waals surface area contributed by atoms with Gasteiger partial charge in [-0.15, -0.1) is 0 Å². The zero-order valence-electron chi connectivity index (χ0n) is 19.1. The van der Waals surface area contributed by atoms with Crippen molar-refractivity contribution < 1.29 is 13.7 Å². The molecule has 2 fully saturated rings. The second kappa shape index (κ2) is 9.69. The second-order valence-corrected chi connectivity index (χ2v) is 8.53. The van der Waals surface area contributed by atoms with Gasteiger partial charge >= 0.3 is 5.69 Å². The summed E-state index contributed by atoms with van der Waals surface area (Å²) in [6, 6.07) is 12.7. The molecule has 0 bridgehead atoms. The number of hydrogen-bond acceptors (Lipinski definition) is 8. The summed E-state index contributed by atoms with van der Waals surface area (Å²) in [6.07, 6.45) is 1.39.